The van der Waals surface area contributed by atoms with Crippen molar-refractivity contribution in [1.29, 1.82) is 0 Å². The van der Waals surface area contributed by atoms with E-state index in [1.165, 1.54) is 7.11 Å². The number of para-hydroxylation sites is 1. The molecule has 3 aromatic rings. The normalized spacial score (nSPS) is 12.7. The molecule has 0 spiro atoms. The molecular formula is C19H23N3O3. The Bertz CT molecular complexity index is 879. The van der Waals surface area contributed by atoms with Crippen molar-refractivity contribution in [2.45, 2.75) is 39.7 Å². The maximum absolute atomic E-state index is 12.3. The maximum Gasteiger partial charge on any atom is 0.328 e. The average molecular weight is 341 g/mol. The molecule has 0 saturated carbocycles. The van der Waals surface area contributed by atoms with Gasteiger partial charge in [0.25, 0.3) is 5.89 Å². The van der Waals surface area contributed by atoms with Crippen LogP contribution in [0.1, 0.15) is 39.1 Å². The molecule has 0 bridgehead atoms. The highest BCUT2D eigenvalue weighted by Gasteiger charge is 2.26. The minimum absolute atomic E-state index is 0.285. The second-order valence-corrected chi connectivity index (χ2v) is 6.50. The van der Waals surface area contributed by atoms with Crippen molar-refractivity contribution in [3.63, 3.8) is 0 Å². The third kappa shape index (κ3) is 3.29. The van der Waals surface area contributed by atoms with Gasteiger partial charge in [0.1, 0.15) is 11.7 Å². The average Bonchev–Trinajstić information content (AvgIpc) is 3.19. The number of hydrogen-bond donors (Lipinski definition) is 0. The number of esters is 1. The predicted molar refractivity (Wildman–Crippen MR) is 95.1 cm³/mol. The number of ether oxygens (including phenoxy) is 1. The fourth-order valence-electron chi connectivity index (χ4n) is 3.06. The number of nitrogens with zero attached hydrogens (tertiary/aromatic N) is 3. The molecule has 0 fully saturated rings. The fourth-order valence-corrected chi connectivity index (χ4v) is 3.06. The molecule has 0 amide bonds. The summed E-state index contributed by atoms with van der Waals surface area (Å²) >= 11 is 0. The van der Waals surface area contributed by atoms with Crippen LogP contribution in [0.2, 0.25) is 0 Å². The Morgan fingerprint density at radius 1 is 1.28 bits per heavy atom. The molecule has 2 aromatic heterocycles. The molecule has 1 unspecified atom stereocenters. The second kappa shape index (κ2) is 7.09. The number of fused-ring (bicyclic) bond motifs is 1. The SMILES string of the molecule is CCC(C(=O)OC)n1c(-c2nnc(CC(C)C)o2)cc2ccccc21. The largest absolute Gasteiger partial charge is 0.467 e. The number of hydrogen-bond acceptors (Lipinski definition) is 5. The molecule has 2 heterocycles. The van der Waals surface area contributed by atoms with E-state index in [1.807, 2.05) is 41.8 Å². The van der Waals surface area contributed by atoms with Crippen LogP contribution in [0, 0.1) is 5.92 Å². The molecule has 6 heteroatoms. The summed E-state index contributed by atoms with van der Waals surface area (Å²) in [6.07, 6.45) is 1.33. The van der Waals surface area contributed by atoms with E-state index in [-0.39, 0.29) is 5.97 Å². The number of carbonyl (C=O) groups excluding carboxylic acids is 1. The van der Waals surface area contributed by atoms with E-state index in [1.54, 1.807) is 0 Å². The van der Waals surface area contributed by atoms with Gasteiger partial charge in [0.2, 0.25) is 5.89 Å². The number of carbonyl (C=O) groups is 1. The van der Waals surface area contributed by atoms with Gasteiger partial charge in [0.15, 0.2) is 0 Å². The summed E-state index contributed by atoms with van der Waals surface area (Å²) < 4.78 is 12.8. The highest BCUT2D eigenvalue weighted by Crippen LogP contribution is 2.32. The second-order valence-electron chi connectivity index (χ2n) is 6.50. The van der Waals surface area contributed by atoms with E-state index >= 15 is 0 Å². The minimum atomic E-state index is -0.444. The van der Waals surface area contributed by atoms with Gasteiger partial charge in [-0.3, -0.25) is 0 Å². The van der Waals surface area contributed by atoms with Crippen molar-refractivity contribution >= 4 is 16.9 Å². The van der Waals surface area contributed by atoms with Crippen LogP contribution in [0.25, 0.3) is 22.5 Å². The monoisotopic (exact) mass is 341 g/mol. The Balaban J connectivity index is 2.15. The molecule has 0 N–H and O–H groups in total. The van der Waals surface area contributed by atoms with Crippen LogP contribution >= 0.6 is 0 Å². The van der Waals surface area contributed by atoms with Gasteiger partial charge >= 0.3 is 5.97 Å². The third-order valence-corrected chi connectivity index (χ3v) is 4.19. The Kier molecular flexibility index (Phi) is 4.88. The summed E-state index contributed by atoms with van der Waals surface area (Å²) in [5, 5.41) is 9.37. The summed E-state index contributed by atoms with van der Waals surface area (Å²) in [7, 11) is 1.41. The zero-order valence-electron chi connectivity index (χ0n) is 15.0. The van der Waals surface area contributed by atoms with E-state index in [9.17, 15) is 4.79 Å². The van der Waals surface area contributed by atoms with Crippen LogP contribution in [0.15, 0.2) is 34.7 Å². The smallest absolute Gasteiger partial charge is 0.328 e. The van der Waals surface area contributed by atoms with Gasteiger partial charge in [-0.15, -0.1) is 10.2 Å². The molecule has 0 radical (unpaired) electrons. The minimum Gasteiger partial charge on any atom is -0.467 e. The molecule has 3 rings (SSSR count). The highest BCUT2D eigenvalue weighted by molar-refractivity contribution is 5.88. The summed E-state index contributed by atoms with van der Waals surface area (Å²) in [5.74, 6) is 1.17. The summed E-state index contributed by atoms with van der Waals surface area (Å²) in [4.78, 5) is 12.3. The highest BCUT2D eigenvalue weighted by atomic mass is 16.5. The van der Waals surface area contributed by atoms with Crippen LogP contribution in [0.5, 0.6) is 0 Å². The van der Waals surface area contributed by atoms with Gasteiger partial charge < -0.3 is 13.7 Å². The lowest BCUT2D eigenvalue weighted by atomic mass is 10.1. The number of benzene rings is 1. The van der Waals surface area contributed by atoms with Gasteiger partial charge in [0.05, 0.1) is 7.11 Å². The zero-order chi connectivity index (χ0) is 18.0. The maximum atomic E-state index is 12.3. The van der Waals surface area contributed by atoms with Crippen molar-refractivity contribution in [2.24, 2.45) is 5.92 Å². The Morgan fingerprint density at radius 2 is 2.04 bits per heavy atom. The van der Waals surface area contributed by atoms with E-state index in [2.05, 4.69) is 24.0 Å². The van der Waals surface area contributed by atoms with E-state index in [4.69, 9.17) is 9.15 Å². The van der Waals surface area contributed by atoms with Crippen LogP contribution in [-0.2, 0) is 16.0 Å². The number of rotatable bonds is 6. The standard InChI is InChI=1S/C19H23N3O3/c1-5-14(19(23)24-4)22-15-9-7-6-8-13(15)11-16(22)18-21-20-17(25-18)10-12(2)3/h6-9,11-12,14H,5,10H2,1-4H3. The van der Waals surface area contributed by atoms with E-state index in [0.717, 1.165) is 23.0 Å². The van der Waals surface area contributed by atoms with Crippen molar-refractivity contribution in [3.8, 4) is 11.6 Å². The summed E-state index contributed by atoms with van der Waals surface area (Å²) in [5.41, 5.74) is 1.68. The van der Waals surface area contributed by atoms with E-state index in [0.29, 0.717) is 24.1 Å². The van der Waals surface area contributed by atoms with Crippen LogP contribution < -0.4 is 0 Å². The Hall–Kier alpha value is -2.63. The molecule has 0 aliphatic carbocycles. The topological polar surface area (TPSA) is 70.2 Å². The molecule has 0 saturated heterocycles. The Labute approximate surface area is 146 Å². The lowest BCUT2D eigenvalue weighted by Gasteiger charge is -2.18. The van der Waals surface area contributed by atoms with Crippen molar-refractivity contribution in [2.75, 3.05) is 7.11 Å². The summed E-state index contributed by atoms with van der Waals surface area (Å²) in [6, 6.07) is 9.44. The summed E-state index contributed by atoms with van der Waals surface area (Å²) in [6.45, 7) is 6.16. The first-order chi connectivity index (χ1) is 12.0. The van der Waals surface area contributed by atoms with Crippen molar-refractivity contribution in [1.82, 2.24) is 14.8 Å². The first-order valence-corrected chi connectivity index (χ1v) is 8.55. The number of methoxy groups -OCH3 is 1. The molecule has 25 heavy (non-hydrogen) atoms. The van der Waals surface area contributed by atoms with Crippen LogP contribution in [0.4, 0.5) is 0 Å². The van der Waals surface area contributed by atoms with Gasteiger partial charge in [-0.1, -0.05) is 39.0 Å². The quantitative estimate of drug-likeness (QED) is 0.634. The lowest BCUT2D eigenvalue weighted by molar-refractivity contribution is -0.144. The molecule has 1 aromatic carbocycles. The van der Waals surface area contributed by atoms with E-state index < -0.39 is 6.04 Å². The first kappa shape index (κ1) is 17.2. The van der Waals surface area contributed by atoms with Crippen molar-refractivity contribution in [3.05, 3.63) is 36.2 Å². The molecular weight excluding hydrogens is 318 g/mol. The molecule has 6 nitrogen and oxygen atoms in total. The van der Waals surface area contributed by atoms with Gasteiger partial charge in [-0.2, -0.15) is 0 Å². The van der Waals surface area contributed by atoms with Gasteiger partial charge in [-0.05, 0) is 24.5 Å². The predicted octanol–water partition coefficient (Wildman–Crippen LogP) is 4.01. The first-order valence-electron chi connectivity index (χ1n) is 8.55. The molecule has 0 aliphatic heterocycles. The van der Waals surface area contributed by atoms with Gasteiger partial charge in [0, 0.05) is 17.3 Å². The third-order valence-electron chi connectivity index (χ3n) is 4.19. The van der Waals surface area contributed by atoms with Crippen LogP contribution in [-0.4, -0.2) is 27.8 Å². The zero-order valence-corrected chi connectivity index (χ0v) is 15.0. The molecule has 1 atom stereocenters. The lowest BCUT2D eigenvalue weighted by Crippen LogP contribution is -2.20. The van der Waals surface area contributed by atoms with Crippen LogP contribution in [0.3, 0.4) is 0 Å². The Morgan fingerprint density at radius 3 is 2.72 bits per heavy atom. The van der Waals surface area contributed by atoms with Crippen molar-refractivity contribution < 1.29 is 13.9 Å². The van der Waals surface area contributed by atoms with Gasteiger partial charge in [-0.25, -0.2) is 4.79 Å². The molecule has 0 aliphatic rings. The molecule has 132 valence electrons. The fraction of sp³-hybridized carbons (Fsp3) is 0.421. The number of aromatic nitrogens is 3.